The number of nitrogens with one attached hydrogen (secondary N) is 1. The first-order chi connectivity index (χ1) is 8.97. The number of hydrogen-bond donors (Lipinski definition) is 2. The Hall–Kier alpha value is -0.690. The Bertz CT molecular complexity index is 510. The Morgan fingerprint density at radius 1 is 1.63 bits per heavy atom. The number of aromatic nitrogens is 2. The molecule has 6 heteroatoms. The van der Waals surface area contributed by atoms with Gasteiger partial charge in [0, 0.05) is 18.8 Å². The van der Waals surface area contributed by atoms with E-state index in [1.165, 1.54) is 0 Å². The fourth-order valence-electron chi connectivity index (χ4n) is 1.83. The van der Waals surface area contributed by atoms with Gasteiger partial charge >= 0.3 is 0 Å². The molecule has 0 aromatic carbocycles. The molecule has 2 heterocycles. The summed E-state index contributed by atoms with van der Waals surface area (Å²) in [6.45, 7) is 5.21. The minimum Gasteiger partial charge on any atom is -0.384 e. The van der Waals surface area contributed by atoms with Crippen molar-refractivity contribution < 1.29 is 5.11 Å². The highest BCUT2D eigenvalue weighted by molar-refractivity contribution is 9.10. The number of aliphatic hydroxyl groups is 1. The monoisotopic (exact) mass is 343 g/mol. The summed E-state index contributed by atoms with van der Waals surface area (Å²) >= 11 is 4.98. The third kappa shape index (κ3) is 4.14. The first-order valence-corrected chi connectivity index (χ1v) is 7.87. The zero-order valence-electron chi connectivity index (χ0n) is 11.0. The number of nitrogens with zero attached hydrogens (tertiary/aromatic N) is 2. The maximum atomic E-state index is 10.4. The molecule has 2 aromatic heterocycles. The molecule has 0 radical (unpaired) electrons. The van der Waals surface area contributed by atoms with Gasteiger partial charge in [0.25, 0.3) is 0 Å². The molecular formula is C13H18BrN3OS. The lowest BCUT2D eigenvalue weighted by atomic mass is 9.99. The molecule has 0 fully saturated rings. The molecule has 2 aromatic rings. The molecule has 0 aliphatic heterocycles. The van der Waals surface area contributed by atoms with Crippen LogP contribution in [0.25, 0.3) is 0 Å². The number of thiophene rings is 1. The summed E-state index contributed by atoms with van der Waals surface area (Å²) in [5, 5.41) is 21.9. The van der Waals surface area contributed by atoms with Crippen LogP contribution in [0.2, 0.25) is 0 Å². The Labute approximate surface area is 125 Å². The van der Waals surface area contributed by atoms with Crippen LogP contribution in [0.1, 0.15) is 19.4 Å². The Kier molecular flexibility index (Phi) is 4.78. The summed E-state index contributed by atoms with van der Waals surface area (Å²) < 4.78 is 2.85. The lowest BCUT2D eigenvalue weighted by Crippen LogP contribution is -2.41. The van der Waals surface area contributed by atoms with E-state index < -0.39 is 5.60 Å². The average molecular weight is 344 g/mol. The molecule has 4 nitrogen and oxygen atoms in total. The number of rotatable bonds is 6. The normalized spacial score (nSPS) is 16.2. The number of hydrogen-bond acceptors (Lipinski definition) is 4. The lowest BCUT2D eigenvalue weighted by Gasteiger charge is -2.25. The predicted octanol–water partition coefficient (Wildman–Crippen LogP) is 2.59. The summed E-state index contributed by atoms with van der Waals surface area (Å²) in [5.41, 5.74) is 0.123. The Morgan fingerprint density at radius 2 is 2.42 bits per heavy atom. The SMILES string of the molecule is CC(Cn1cc(Br)cn1)NCC(C)(O)c1ccsc1. The van der Waals surface area contributed by atoms with E-state index in [4.69, 9.17) is 0 Å². The second-order valence-corrected chi connectivity index (χ2v) is 6.64. The summed E-state index contributed by atoms with van der Waals surface area (Å²) in [7, 11) is 0. The maximum Gasteiger partial charge on any atom is 0.1000 e. The van der Waals surface area contributed by atoms with E-state index in [0.29, 0.717) is 6.54 Å². The molecular weight excluding hydrogens is 326 g/mol. The van der Waals surface area contributed by atoms with Crippen molar-refractivity contribution in [2.45, 2.75) is 32.0 Å². The second kappa shape index (κ2) is 6.17. The number of halogens is 1. The molecule has 0 spiro atoms. The smallest absolute Gasteiger partial charge is 0.1000 e. The first-order valence-electron chi connectivity index (χ1n) is 6.14. The zero-order chi connectivity index (χ0) is 13.9. The highest BCUT2D eigenvalue weighted by atomic mass is 79.9. The van der Waals surface area contributed by atoms with Crippen LogP contribution in [0, 0.1) is 0 Å². The third-order valence-corrected chi connectivity index (χ3v) is 4.09. The molecule has 0 saturated heterocycles. The molecule has 0 aliphatic carbocycles. The van der Waals surface area contributed by atoms with Gasteiger partial charge < -0.3 is 10.4 Å². The van der Waals surface area contributed by atoms with Gasteiger partial charge in [-0.3, -0.25) is 4.68 Å². The molecule has 2 N–H and O–H groups in total. The van der Waals surface area contributed by atoms with Crippen LogP contribution < -0.4 is 5.32 Å². The second-order valence-electron chi connectivity index (χ2n) is 4.95. The zero-order valence-corrected chi connectivity index (χ0v) is 13.4. The fraction of sp³-hybridized carbons (Fsp3) is 0.462. The minimum absolute atomic E-state index is 0.233. The first kappa shape index (κ1) is 14.7. The van der Waals surface area contributed by atoms with E-state index in [1.54, 1.807) is 17.5 Å². The topological polar surface area (TPSA) is 50.1 Å². The molecule has 2 atom stereocenters. The van der Waals surface area contributed by atoms with E-state index in [9.17, 15) is 5.11 Å². The quantitative estimate of drug-likeness (QED) is 0.847. The van der Waals surface area contributed by atoms with Gasteiger partial charge in [-0.25, -0.2) is 0 Å². The summed E-state index contributed by atoms with van der Waals surface area (Å²) in [4.78, 5) is 0. The molecule has 2 unspecified atom stereocenters. The lowest BCUT2D eigenvalue weighted by molar-refractivity contribution is 0.0541. The van der Waals surface area contributed by atoms with Gasteiger partial charge in [0.2, 0.25) is 0 Å². The van der Waals surface area contributed by atoms with Crippen LogP contribution in [-0.2, 0) is 12.1 Å². The van der Waals surface area contributed by atoms with E-state index in [1.807, 2.05) is 34.6 Å². The minimum atomic E-state index is -0.834. The molecule has 0 aliphatic rings. The highest BCUT2D eigenvalue weighted by Gasteiger charge is 2.23. The summed E-state index contributed by atoms with van der Waals surface area (Å²) in [6, 6.07) is 2.19. The molecule has 2 rings (SSSR count). The van der Waals surface area contributed by atoms with Crippen molar-refractivity contribution in [2.75, 3.05) is 6.54 Å². The largest absolute Gasteiger partial charge is 0.384 e. The van der Waals surface area contributed by atoms with Crippen molar-refractivity contribution in [2.24, 2.45) is 0 Å². The van der Waals surface area contributed by atoms with Gasteiger partial charge in [0.15, 0.2) is 0 Å². The van der Waals surface area contributed by atoms with Crippen LogP contribution in [0.3, 0.4) is 0 Å². The van der Waals surface area contributed by atoms with Crippen molar-refractivity contribution in [3.63, 3.8) is 0 Å². The van der Waals surface area contributed by atoms with E-state index in [-0.39, 0.29) is 6.04 Å². The predicted molar refractivity (Wildman–Crippen MR) is 81.3 cm³/mol. The highest BCUT2D eigenvalue weighted by Crippen LogP contribution is 2.22. The van der Waals surface area contributed by atoms with E-state index in [0.717, 1.165) is 16.6 Å². The Morgan fingerprint density at radius 3 is 3.00 bits per heavy atom. The fourth-order valence-corrected chi connectivity index (χ4v) is 2.94. The van der Waals surface area contributed by atoms with Crippen molar-refractivity contribution in [1.82, 2.24) is 15.1 Å². The van der Waals surface area contributed by atoms with Crippen LogP contribution in [0.15, 0.2) is 33.7 Å². The van der Waals surface area contributed by atoms with Crippen LogP contribution in [-0.4, -0.2) is 27.5 Å². The van der Waals surface area contributed by atoms with Gasteiger partial charge in [-0.2, -0.15) is 16.4 Å². The summed E-state index contributed by atoms with van der Waals surface area (Å²) in [5.74, 6) is 0. The Balaban J connectivity index is 1.85. The van der Waals surface area contributed by atoms with Crippen LogP contribution in [0.5, 0.6) is 0 Å². The standard InChI is InChI=1S/C13H18BrN3OS/c1-10(6-17-7-12(14)5-16-17)15-9-13(2,18)11-3-4-19-8-11/h3-5,7-8,10,15,18H,6,9H2,1-2H3. The van der Waals surface area contributed by atoms with Gasteiger partial charge in [0.05, 0.1) is 22.8 Å². The van der Waals surface area contributed by atoms with Crippen LogP contribution in [0.4, 0.5) is 0 Å². The van der Waals surface area contributed by atoms with Gasteiger partial charge in [0.1, 0.15) is 0 Å². The maximum absolute atomic E-state index is 10.4. The van der Waals surface area contributed by atoms with Gasteiger partial charge in [-0.05, 0) is 52.2 Å². The molecule has 0 amide bonds. The summed E-state index contributed by atoms with van der Waals surface area (Å²) in [6.07, 6.45) is 3.71. The third-order valence-electron chi connectivity index (χ3n) is 3.00. The van der Waals surface area contributed by atoms with Gasteiger partial charge in [-0.15, -0.1) is 0 Å². The van der Waals surface area contributed by atoms with Crippen LogP contribution >= 0.6 is 27.3 Å². The molecule has 0 bridgehead atoms. The van der Waals surface area contributed by atoms with Crippen molar-refractivity contribution >= 4 is 27.3 Å². The van der Waals surface area contributed by atoms with Crippen molar-refractivity contribution in [3.8, 4) is 0 Å². The van der Waals surface area contributed by atoms with Gasteiger partial charge in [-0.1, -0.05) is 0 Å². The van der Waals surface area contributed by atoms with E-state index in [2.05, 4.69) is 33.3 Å². The average Bonchev–Trinajstić information content (AvgIpc) is 2.98. The van der Waals surface area contributed by atoms with Crippen molar-refractivity contribution in [1.29, 1.82) is 0 Å². The van der Waals surface area contributed by atoms with Crippen molar-refractivity contribution in [3.05, 3.63) is 39.3 Å². The molecule has 19 heavy (non-hydrogen) atoms. The molecule has 0 saturated carbocycles. The van der Waals surface area contributed by atoms with E-state index >= 15 is 0 Å². The molecule has 104 valence electrons.